The van der Waals surface area contributed by atoms with Crippen LogP contribution in [0.2, 0.25) is 0 Å². The normalized spacial score (nSPS) is 11.4. The van der Waals surface area contributed by atoms with Gasteiger partial charge in [-0.25, -0.2) is 0 Å². The highest BCUT2D eigenvalue weighted by atomic mass is 19.4. The van der Waals surface area contributed by atoms with Gasteiger partial charge in [0, 0.05) is 23.6 Å². The topological polar surface area (TPSA) is 83.4 Å². The lowest BCUT2D eigenvalue weighted by Gasteiger charge is -2.11. The van der Waals surface area contributed by atoms with Crippen LogP contribution in [-0.4, -0.2) is 20.1 Å². The molecule has 0 fully saturated rings. The van der Waals surface area contributed by atoms with Gasteiger partial charge in [-0.1, -0.05) is 6.07 Å². The van der Waals surface area contributed by atoms with Crippen LogP contribution in [0.1, 0.15) is 5.56 Å². The van der Waals surface area contributed by atoms with Gasteiger partial charge in [-0.2, -0.15) is 18.4 Å². The van der Waals surface area contributed by atoms with Crippen LogP contribution in [0.15, 0.2) is 54.2 Å². The predicted octanol–water partition coefficient (Wildman–Crippen LogP) is 4.18. The first-order chi connectivity index (χ1) is 13.3. The number of ether oxygens (including phenoxy) is 2. The molecule has 6 nitrogen and oxygen atoms in total. The van der Waals surface area contributed by atoms with Crippen molar-refractivity contribution in [2.24, 2.45) is 0 Å². The molecule has 0 aliphatic heterocycles. The molecule has 2 aromatic rings. The molecule has 0 saturated carbocycles. The van der Waals surface area contributed by atoms with Crippen molar-refractivity contribution in [3.8, 4) is 17.6 Å². The Hall–Kier alpha value is -3.67. The van der Waals surface area contributed by atoms with E-state index in [1.54, 1.807) is 18.2 Å². The number of nitrogens with zero attached hydrogens (tertiary/aromatic N) is 1. The Kier molecular flexibility index (Phi) is 6.50. The van der Waals surface area contributed by atoms with Crippen molar-refractivity contribution in [1.82, 2.24) is 0 Å². The minimum absolute atomic E-state index is 0.0847. The van der Waals surface area contributed by atoms with Crippen molar-refractivity contribution in [3.05, 3.63) is 59.8 Å². The van der Waals surface area contributed by atoms with E-state index in [2.05, 4.69) is 10.6 Å². The Morgan fingerprint density at radius 1 is 1.07 bits per heavy atom. The SMILES string of the molecule is COc1ccc(NC(=O)/C(C#N)=C\Nc2cccc(C(F)(F)F)c2)cc1OC. The highest BCUT2D eigenvalue weighted by Gasteiger charge is 2.30. The zero-order valence-electron chi connectivity index (χ0n) is 14.9. The molecule has 0 bridgehead atoms. The summed E-state index contributed by atoms with van der Waals surface area (Å²) < 4.78 is 48.4. The third-order valence-electron chi connectivity index (χ3n) is 3.58. The van der Waals surface area contributed by atoms with E-state index in [-0.39, 0.29) is 11.3 Å². The number of anilines is 2. The first-order valence-electron chi connectivity index (χ1n) is 7.86. The molecule has 2 aromatic carbocycles. The molecule has 0 unspecified atom stereocenters. The molecule has 9 heteroatoms. The zero-order valence-corrected chi connectivity index (χ0v) is 14.9. The summed E-state index contributed by atoms with van der Waals surface area (Å²) in [5, 5.41) is 14.2. The van der Waals surface area contributed by atoms with Crippen molar-refractivity contribution >= 4 is 17.3 Å². The van der Waals surface area contributed by atoms with Crippen LogP contribution in [0, 0.1) is 11.3 Å². The predicted molar refractivity (Wildman–Crippen MR) is 96.9 cm³/mol. The molecule has 0 spiro atoms. The summed E-state index contributed by atoms with van der Waals surface area (Å²) in [6.45, 7) is 0. The van der Waals surface area contributed by atoms with E-state index in [1.165, 1.54) is 32.4 Å². The number of amides is 1. The second-order valence-corrected chi connectivity index (χ2v) is 5.42. The summed E-state index contributed by atoms with van der Waals surface area (Å²) >= 11 is 0. The average molecular weight is 391 g/mol. The van der Waals surface area contributed by atoms with E-state index in [0.717, 1.165) is 18.3 Å². The molecule has 0 aliphatic carbocycles. The van der Waals surface area contributed by atoms with Crippen molar-refractivity contribution in [1.29, 1.82) is 5.26 Å². The van der Waals surface area contributed by atoms with E-state index in [9.17, 15) is 23.2 Å². The summed E-state index contributed by atoms with van der Waals surface area (Å²) in [7, 11) is 2.90. The lowest BCUT2D eigenvalue weighted by atomic mass is 10.2. The minimum atomic E-state index is -4.50. The van der Waals surface area contributed by atoms with Crippen molar-refractivity contribution in [2.75, 3.05) is 24.9 Å². The molecular formula is C19H16F3N3O3. The van der Waals surface area contributed by atoms with Crippen molar-refractivity contribution < 1.29 is 27.4 Å². The van der Waals surface area contributed by atoms with Gasteiger partial charge in [-0.15, -0.1) is 0 Å². The van der Waals surface area contributed by atoms with Gasteiger partial charge in [0.15, 0.2) is 11.5 Å². The van der Waals surface area contributed by atoms with Crippen LogP contribution in [0.5, 0.6) is 11.5 Å². The fourth-order valence-electron chi connectivity index (χ4n) is 2.20. The monoisotopic (exact) mass is 391 g/mol. The lowest BCUT2D eigenvalue weighted by molar-refractivity contribution is -0.137. The summed E-state index contributed by atoms with van der Waals surface area (Å²) in [5.74, 6) is 0.0989. The number of carbonyl (C=O) groups is 1. The minimum Gasteiger partial charge on any atom is -0.493 e. The quantitative estimate of drug-likeness (QED) is 0.570. The summed E-state index contributed by atoms with van der Waals surface area (Å²) in [6, 6.07) is 10.7. The Balaban J connectivity index is 2.15. The van der Waals surface area contributed by atoms with Crippen molar-refractivity contribution in [2.45, 2.75) is 6.18 Å². The lowest BCUT2D eigenvalue weighted by Crippen LogP contribution is -2.14. The van der Waals surface area contributed by atoms with E-state index in [0.29, 0.717) is 17.2 Å². The molecule has 0 heterocycles. The molecule has 146 valence electrons. The Labute approximate surface area is 159 Å². The van der Waals surface area contributed by atoms with Crippen LogP contribution in [-0.2, 0) is 11.0 Å². The number of benzene rings is 2. The van der Waals surface area contributed by atoms with Gasteiger partial charge in [-0.3, -0.25) is 4.79 Å². The highest BCUT2D eigenvalue weighted by molar-refractivity contribution is 6.06. The van der Waals surface area contributed by atoms with Gasteiger partial charge < -0.3 is 20.1 Å². The van der Waals surface area contributed by atoms with Gasteiger partial charge in [0.05, 0.1) is 19.8 Å². The molecule has 0 radical (unpaired) electrons. The van der Waals surface area contributed by atoms with Gasteiger partial charge in [0.2, 0.25) is 0 Å². The standard InChI is InChI=1S/C19H16F3N3O3/c1-27-16-7-6-15(9-17(16)28-2)25-18(26)12(10-23)11-24-14-5-3-4-13(8-14)19(20,21)22/h3-9,11,24H,1-2H3,(H,25,26)/b12-11-. The smallest absolute Gasteiger partial charge is 0.416 e. The number of rotatable bonds is 6. The number of alkyl halides is 3. The summed E-state index contributed by atoms with van der Waals surface area (Å²) in [5.41, 5.74) is -0.740. The molecule has 0 saturated heterocycles. The van der Waals surface area contributed by atoms with Crippen molar-refractivity contribution in [3.63, 3.8) is 0 Å². The van der Waals surface area contributed by atoms with Crippen LogP contribution in [0.4, 0.5) is 24.5 Å². The number of nitrogens with one attached hydrogen (secondary N) is 2. The molecule has 28 heavy (non-hydrogen) atoms. The summed E-state index contributed by atoms with van der Waals surface area (Å²) in [6.07, 6.45) is -3.46. The first-order valence-corrected chi connectivity index (χ1v) is 7.86. The second kappa shape index (κ2) is 8.81. The fraction of sp³-hybridized carbons (Fsp3) is 0.158. The maximum Gasteiger partial charge on any atom is 0.416 e. The van der Waals surface area contributed by atoms with Crippen LogP contribution >= 0.6 is 0 Å². The van der Waals surface area contributed by atoms with Gasteiger partial charge >= 0.3 is 6.18 Å². The first kappa shape index (κ1) is 20.6. The number of halogens is 3. The molecule has 0 aromatic heterocycles. The Morgan fingerprint density at radius 3 is 2.39 bits per heavy atom. The van der Waals surface area contributed by atoms with Crippen LogP contribution < -0.4 is 20.1 Å². The maximum atomic E-state index is 12.7. The maximum absolute atomic E-state index is 12.7. The Bertz CT molecular complexity index is 934. The Morgan fingerprint density at radius 2 is 1.79 bits per heavy atom. The molecule has 0 aliphatic rings. The zero-order chi connectivity index (χ0) is 20.7. The van der Waals surface area contributed by atoms with E-state index in [4.69, 9.17) is 9.47 Å². The summed E-state index contributed by atoms with van der Waals surface area (Å²) in [4.78, 5) is 12.3. The van der Waals surface area contributed by atoms with Gasteiger partial charge in [0.25, 0.3) is 5.91 Å². The fourth-order valence-corrected chi connectivity index (χ4v) is 2.20. The van der Waals surface area contributed by atoms with Crippen LogP contribution in [0.3, 0.4) is 0 Å². The highest BCUT2D eigenvalue weighted by Crippen LogP contribution is 2.31. The third-order valence-corrected chi connectivity index (χ3v) is 3.58. The number of hydrogen-bond acceptors (Lipinski definition) is 5. The number of nitriles is 1. The molecule has 2 rings (SSSR count). The number of hydrogen-bond donors (Lipinski definition) is 2. The number of carbonyl (C=O) groups excluding carboxylic acids is 1. The largest absolute Gasteiger partial charge is 0.493 e. The average Bonchev–Trinajstić information content (AvgIpc) is 2.68. The molecule has 2 N–H and O–H groups in total. The molecular weight excluding hydrogens is 375 g/mol. The second-order valence-electron chi connectivity index (χ2n) is 5.42. The number of methoxy groups -OCH3 is 2. The third kappa shape index (κ3) is 5.17. The van der Waals surface area contributed by atoms with Gasteiger partial charge in [-0.05, 0) is 30.3 Å². The van der Waals surface area contributed by atoms with E-state index in [1.807, 2.05) is 0 Å². The molecule has 1 amide bonds. The van der Waals surface area contributed by atoms with E-state index < -0.39 is 17.6 Å². The van der Waals surface area contributed by atoms with Gasteiger partial charge in [0.1, 0.15) is 11.6 Å². The van der Waals surface area contributed by atoms with E-state index >= 15 is 0 Å². The van der Waals surface area contributed by atoms with Crippen LogP contribution in [0.25, 0.3) is 0 Å². The molecule has 0 atom stereocenters.